The van der Waals surface area contributed by atoms with Crippen LogP contribution in [0.5, 0.6) is 0 Å². The SMILES string of the molecule is N#CC1(NC(=O)CN(Cc2cccs2)C[C@@H]2CCCO2)CCCC1. The number of carbonyl (C=O) groups is 1. The molecule has 1 saturated carbocycles. The van der Waals surface area contributed by atoms with Gasteiger partial charge in [0, 0.05) is 24.6 Å². The van der Waals surface area contributed by atoms with Gasteiger partial charge in [0.25, 0.3) is 0 Å². The lowest BCUT2D eigenvalue weighted by Gasteiger charge is -2.27. The molecule has 3 rings (SSSR count). The van der Waals surface area contributed by atoms with Gasteiger partial charge in [0.05, 0.1) is 18.7 Å². The van der Waals surface area contributed by atoms with Crippen LogP contribution in [0.1, 0.15) is 43.4 Å². The van der Waals surface area contributed by atoms with E-state index in [1.54, 1.807) is 11.3 Å². The molecule has 0 unspecified atom stereocenters. The normalized spacial score (nSPS) is 22.6. The third kappa shape index (κ3) is 4.56. The maximum Gasteiger partial charge on any atom is 0.235 e. The van der Waals surface area contributed by atoms with E-state index in [1.165, 1.54) is 4.88 Å². The van der Waals surface area contributed by atoms with Crippen LogP contribution in [0.2, 0.25) is 0 Å². The van der Waals surface area contributed by atoms with E-state index in [4.69, 9.17) is 4.74 Å². The summed E-state index contributed by atoms with van der Waals surface area (Å²) in [5.41, 5.74) is -0.643. The quantitative estimate of drug-likeness (QED) is 0.823. The molecule has 1 aliphatic heterocycles. The number of thiophene rings is 1. The lowest BCUT2D eigenvalue weighted by atomic mass is 10.00. The van der Waals surface area contributed by atoms with Crippen molar-refractivity contribution < 1.29 is 9.53 Å². The summed E-state index contributed by atoms with van der Waals surface area (Å²) >= 11 is 1.71. The number of nitrogens with zero attached hydrogens (tertiary/aromatic N) is 2. The van der Waals surface area contributed by atoms with Gasteiger partial charge in [-0.05, 0) is 50.0 Å². The molecule has 0 aromatic carbocycles. The maximum absolute atomic E-state index is 12.5. The highest BCUT2D eigenvalue weighted by Crippen LogP contribution is 2.28. The fourth-order valence-corrected chi connectivity index (χ4v) is 4.38. The molecule has 2 aliphatic rings. The summed E-state index contributed by atoms with van der Waals surface area (Å²) in [6.07, 6.45) is 5.95. The Kier molecular flexibility index (Phi) is 5.88. The molecule has 6 heteroatoms. The van der Waals surface area contributed by atoms with Gasteiger partial charge < -0.3 is 10.1 Å². The van der Waals surface area contributed by atoms with Gasteiger partial charge in [0.2, 0.25) is 5.91 Å². The number of carbonyl (C=O) groups excluding carboxylic acids is 1. The number of nitrogens with one attached hydrogen (secondary N) is 1. The van der Waals surface area contributed by atoms with Gasteiger partial charge in [-0.15, -0.1) is 11.3 Å². The summed E-state index contributed by atoms with van der Waals surface area (Å²) in [5.74, 6) is -0.0481. The highest BCUT2D eigenvalue weighted by molar-refractivity contribution is 7.09. The van der Waals surface area contributed by atoms with E-state index in [0.717, 1.165) is 58.2 Å². The molecule has 1 saturated heterocycles. The van der Waals surface area contributed by atoms with Crippen molar-refractivity contribution in [3.8, 4) is 6.07 Å². The zero-order chi connectivity index (χ0) is 16.8. The fraction of sp³-hybridized carbons (Fsp3) is 0.667. The second-order valence-electron chi connectivity index (χ2n) is 6.83. The molecule has 1 aliphatic carbocycles. The van der Waals surface area contributed by atoms with Crippen molar-refractivity contribution >= 4 is 17.2 Å². The summed E-state index contributed by atoms with van der Waals surface area (Å²) in [5, 5.41) is 14.5. The van der Waals surface area contributed by atoms with E-state index in [-0.39, 0.29) is 12.0 Å². The van der Waals surface area contributed by atoms with E-state index in [9.17, 15) is 10.1 Å². The van der Waals surface area contributed by atoms with Crippen LogP contribution in [0.25, 0.3) is 0 Å². The zero-order valence-electron chi connectivity index (χ0n) is 14.0. The molecule has 2 heterocycles. The Bertz CT molecular complexity index is 570. The number of hydrogen-bond acceptors (Lipinski definition) is 5. The highest BCUT2D eigenvalue weighted by Gasteiger charge is 2.35. The van der Waals surface area contributed by atoms with Crippen molar-refractivity contribution in [1.82, 2.24) is 10.2 Å². The maximum atomic E-state index is 12.5. The van der Waals surface area contributed by atoms with Crippen LogP contribution in [0.15, 0.2) is 17.5 Å². The van der Waals surface area contributed by atoms with E-state index in [0.29, 0.717) is 6.54 Å². The second-order valence-corrected chi connectivity index (χ2v) is 7.87. The van der Waals surface area contributed by atoms with Crippen LogP contribution < -0.4 is 5.32 Å². The van der Waals surface area contributed by atoms with Crippen molar-refractivity contribution in [2.75, 3.05) is 19.7 Å². The minimum Gasteiger partial charge on any atom is -0.377 e. The van der Waals surface area contributed by atoms with Crippen molar-refractivity contribution in [2.24, 2.45) is 0 Å². The Labute approximate surface area is 147 Å². The minimum atomic E-state index is -0.643. The van der Waals surface area contributed by atoms with E-state index in [1.807, 2.05) is 6.07 Å². The predicted octanol–water partition coefficient (Wildman–Crippen LogP) is 2.68. The van der Waals surface area contributed by atoms with Crippen molar-refractivity contribution in [3.05, 3.63) is 22.4 Å². The molecule has 1 amide bonds. The molecule has 1 atom stereocenters. The van der Waals surface area contributed by atoms with Crippen LogP contribution >= 0.6 is 11.3 Å². The van der Waals surface area contributed by atoms with Crippen LogP contribution in [-0.4, -0.2) is 42.1 Å². The average Bonchev–Trinajstić information content (AvgIpc) is 3.29. The van der Waals surface area contributed by atoms with E-state index in [2.05, 4.69) is 27.7 Å². The van der Waals surface area contributed by atoms with Crippen molar-refractivity contribution in [3.63, 3.8) is 0 Å². The molecule has 1 aromatic heterocycles. The number of hydrogen-bond donors (Lipinski definition) is 1. The third-order valence-corrected chi connectivity index (χ3v) is 5.72. The Hall–Kier alpha value is -1.42. The largest absolute Gasteiger partial charge is 0.377 e. The topological polar surface area (TPSA) is 65.4 Å². The molecular weight excluding hydrogens is 322 g/mol. The molecule has 0 spiro atoms. The minimum absolute atomic E-state index is 0.0481. The molecule has 2 fully saturated rings. The first-order valence-corrected chi connectivity index (χ1v) is 9.66. The first kappa shape index (κ1) is 17.4. The van der Waals surface area contributed by atoms with Gasteiger partial charge in [-0.2, -0.15) is 5.26 Å². The highest BCUT2D eigenvalue weighted by atomic mass is 32.1. The van der Waals surface area contributed by atoms with Gasteiger partial charge in [-0.3, -0.25) is 9.69 Å². The average molecular weight is 347 g/mol. The molecule has 1 N–H and O–H groups in total. The van der Waals surface area contributed by atoms with Gasteiger partial charge in [-0.1, -0.05) is 6.07 Å². The van der Waals surface area contributed by atoms with Crippen LogP contribution in [-0.2, 0) is 16.1 Å². The predicted molar refractivity (Wildman–Crippen MR) is 93.5 cm³/mol. The number of amides is 1. The fourth-order valence-electron chi connectivity index (χ4n) is 3.64. The zero-order valence-corrected chi connectivity index (χ0v) is 14.8. The first-order chi connectivity index (χ1) is 11.7. The lowest BCUT2D eigenvalue weighted by Crippen LogP contribution is -2.49. The van der Waals surface area contributed by atoms with E-state index >= 15 is 0 Å². The smallest absolute Gasteiger partial charge is 0.235 e. The summed E-state index contributed by atoms with van der Waals surface area (Å²) < 4.78 is 5.74. The van der Waals surface area contributed by atoms with Gasteiger partial charge in [0.1, 0.15) is 5.54 Å². The van der Waals surface area contributed by atoms with Gasteiger partial charge in [0.15, 0.2) is 0 Å². The summed E-state index contributed by atoms with van der Waals surface area (Å²) in [6, 6.07) is 6.46. The molecule has 0 radical (unpaired) electrons. The standard InChI is InChI=1S/C18H25N3O2S/c19-14-18(7-1-2-8-18)20-17(22)13-21(11-15-5-3-9-23-15)12-16-6-4-10-24-16/h4,6,10,15H,1-3,5,7-9,11-13H2,(H,20,22)/t15-/m0/s1. The third-order valence-electron chi connectivity index (χ3n) is 4.86. The molecule has 130 valence electrons. The van der Waals surface area contributed by atoms with Crippen molar-refractivity contribution in [2.45, 2.75) is 56.7 Å². The molecule has 24 heavy (non-hydrogen) atoms. The van der Waals surface area contributed by atoms with Crippen LogP contribution in [0.4, 0.5) is 0 Å². The monoisotopic (exact) mass is 347 g/mol. The number of ether oxygens (including phenoxy) is 1. The summed E-state index contributed by atoms with van der Waals surface area (Å²) in [6.45, 7) is 2.66. The summed E-state index contributed by atoms with van der Waals surface area (Å²) in [4.78, 5) is 15.9. The molecule has 0 bridgehead atoms. The Morgan fingerprint density at radius 3 is 2.92 bits per heavy atom. The van der Waals surface area contributed by atoms with Crippen molar-refractivity contribution in [1.29, 1.82) is 5.26 Å². The molecule has 5 nitrogen and oxygen atoms in total. The van der Waals surface area contributed by atoms with Crippen LogP contribution in [0.3, 0.4) is 0 Å². The Morgan fingerprint density at radius 1 is 1.46 bits per heavy atom. The lowest BCUT2D eigenvalue weighted by molar-refractivity contribution is -0.124. The first-order valence-electron chi connectivity index (χ1n) is 8.78. The number of rotatable bonds is 7. The van der Waals surface area contributed by atoms with E-state index < -0.39 is 5.54 Å². The summed E-state index contributed by atoms with van der Waals surface area (Å²) in [7, 11) is 0. The van der Waals surface area contributed by atoms with Crippen LogP contribution in [0, 0.1) is 11.3 Å². The molecular formula is C18H25N3O2S. The van der Waals surface area contributed by atoms with Gasteiger partial charge in [-0.25, -0.2) is 0 Å². The number of nitriles is 1. The van der Waals surface area contributed by atoms with Gasteiger partial charge >= 0.3 is 0 Å². The molecule has 1 aromatic rings. The Balaban J connectivity index is 1.59. The Morgan fingerprint density at radius 2 is 2.29 bits per heavy atom. The second kappa shape index (κ2) is 8.11.